The summed E-state index contributed by atoms with van der Waals surface area (Å²) in [6.07, 6.45) is 3.52. The SMILES string of the molecule is CCCCc1ccc2cc(N(c3ccc(-c4ccccc4)cc3)c3cccc(-c4cccc(-c5ccccc5)c4)c3)c3ccccc3c2c1. The van der Waals surface area contributed by atoms with Crippen LogP contribution in [0.1, 0.15) is 25.3 Å². The molecular weight excluding hydrogens is 591 g/mol. The standard InChI is InChI=1S/C48H39N/c1-2-3-14-35-25-26-42-34-48(46-24-11-10-23-45(46)47(42)31-35)49(43-29-27-38(28-30-43)36-15-6-4-7-16-36)44-22-13-21-41(33-44)40-20-12-19-39(32-40)37-17-8-5-9-18-37/h4-13,15-34H,2-3,14H2,1H3. The molecule has 0 radical (unpaired) electrons. The topological polar surface area (TPSA) is 3.24 Å². The summed E-state index contributed by atoms with van der Waals surface area (Å²) in [6, 6.07) is 66.4. The van der Waals surface area contributed by atoms with E-state index in [1.54, 1.807) is 0 Å². The minimum absolute atomic E-state index is 1.11. The number of nitrogens with zero attached hydrogens (tertiary/aromatic N) is 1. The van der Waals surface area contributed by atoms with Crippen molar-refractivity contribution in [2.24, 2.45) is 0 Å². The molecule has 0 bridgehead atoms. The van der Waals surface area contributed by atoms with Crippen molar-refractivity contribution in [3.63, 3.8) is 0 Å². The Morgan fingerprint density at radius 3 is 1.67 bits per heavy atom. The quantitative estimate of drug-likeness (QED) is 0.144. The highest BCUT2D eigenvalue weighted by Crippen LogP contribution is 2.43. The molecule has 0 heterocycles. The molecule has 0 saturated carbocycles. The molecule has 0 aliphatic rings. The fourth-order valence-electron chi connectivity index (χ4n) is 7.04. The molecular formula is C48H39N. The van der Waals surface area contributed by atoms with E-state index in [2.05, 4.69) is 194 Å². The van der Waals surface area contributed by atoms with Gasteiger partial charge in [0.2, 0.25) is 0 Å². The number of unbranched alkanes of at least 4 members (excludes halogenated alkanes) is 1. The average Bonchev–Trinajstić information content (AvgIpc) is 3.18. The van der Waals surface area contributed by atoms with Crippen LogP contribution in [0.2, 0.25) is 0 Å². The second kappa shape index (κ2) is 13.7. The zero-order valence-corrected chi connectivity index (χ0v) is 27.9. The Labute approximate surface area is 289 Å². The van der Waals surface area contributed by atoms with E-state index in [1.165, 1.54) is 79.0 Å². The van der Waals surface area contributed by atoms with Crippen LogP contribution in [0.5, 0.6) is 0 Å². The van der Waals surface area contributed by atoms with Crippen LogP contribution in [0, 0.1) is 0 Å². The van der Waals surface area contributed by atoms with Crippen LogP contribution in [0.3, 0.4) is 0 Å². The molecule has 0 N–H and O–H groups in total. The Kier molecular flexibility index (Phi) is 8.48. The number of aryl methyl sites for hydroxylation is 1. The first kappa shape index (κ1) is 30.4. The first-order chi connectivity index (χ1) is 24.2. The van der Waals surface area contributed by atoms with Crippen LogP contribution in [-0.4, -0.2) is 0 Å². The molecule has 0 aliphatic heterocycles. The van der Waals surface area contributed by atoms with E-state index in [0.717, 1.165) is 17.8 Å². The molecule has 0 fully saturated rings. The third-order valence-electron chi connectivity index (χ3n) is 9.60. The summed E-state index contributed by atoms with van der Waals surface area (Å²) in [7, 11) is 0. The summed E-state index contributed by atoms with van der Waals surface area (Å²) in [5.41, 5.74) is 12.1. The van der Waals surface area contributed by atoms with Crippen molar-refractivity contribution in [2.45, 2.75) is 26.2 Å². The number of hydrogen-bond acceptors (Lipinski definition) is 1. The van der Waals surface area contributed by atoms with E-state index in [9.17, 15) is 0 Å². The molecule has 0 atom stereocenters. The second-order valence-corrected chi connectivity index (χ2v) is 12.8. The highest BCUT2D eigenvalue weighted by atomic mass is 15.1. The van der Waals surface area contributed by atoms with Crippen molar-refractivity contribution in [1.82, 2.24) is 0 Å². The number of rotatable bonds is 9. The summed E-state index contributed by atoms with van der Waals surface area (Å²) in [6.45, 7) is 2.26. The molecule has 49 heavy (non-hydrogen) atoms. The maximum atomic E-state index is 2.44. The third kappa shape index (κ3) is 6.24. The highest BCUT2D eigenvalue weighted by Gasteiger charge is 2.18. The minimum atomic E-state index is 1.11. The Morgan fingerprint density at radius 1 is 0.388 bits per heavy atom. The second-order valence-electron chi connectivity index (χ2n) is 12.8. The van der Waals surface area contributed by atoms with Crippen LogP contribution in [0.4, 0.5) is 17.1 Å². The van der Waals surface area contributed by atoms with Crippen molar-refractivity contribution >= 4 is 38.6 Å². The molecule has 0 unspecified atom stereocenters. The van der Waals surface area contributed by atoms with Crippen LogP contribution in [0.25, 0.3) is 54.9 Å². The van der Waals surface area contributed by atoms with Gasteiger partial charge in [-0.25, -0.2) is 0 Å². The molecule has 0 saturated heterocycles. The fraction of sp³-hybridized carbons (Fsp3) is 0.0833. The van der Waals surface area contributed by atoms with Crippen molar-refractivity contribution in [1.29, 1.82) is 0 Å². The predicted molar refractivity (Wildman–Crippen MR) is 211 cm³/mol. The molecule has 1 heteroatoms. The minimum Gasteiger partial charge on any atom is -0.310 e. The van der Waals surface area contributed by atoms with Crippen molar-refractivity contribution < 1.29 is 0 Å². The summed E-state index contributed by atoms with van der Waals surface area (Å²) < 4.78 is 0. The molecule has 0 aromatic heterocycles. The van der Waals surface area contributed by atoms with Crippen LogP contribution in [0.15, 0.2) is 182 Å². The molecule has 8 rings (SSSR count). The highest BCUT2D eigenvalue weighted by molar-refractivity contribution is 6.14. The van der Waals surface area contributed by atoms with Gasteiger partial charge < -0.3 is 4.90 Å². The molecule has 236 valence electrons. The van der Waals surface area contributed by atoms with E-state index in [0.29, 0.717) is 0 Å². The lowest BCUT2D eigenvalue weighted by Crippen LogP contribution is -2.11. The van der Waals surface area contributed by atoms with Crippen LogP contribution >= 0.6 is 0 Å². The molecule has 8 aromatic rings. The number of benzene rings is 8. The van der Waals surface area contributed by atoms with Gasteiger partial charge in [0.05, 0.1) is 5.69 Å². The Hall–Kier alpha value is -5.92. The first-order valence-electron chi connectivity index (χ1n) is 17.4. The smallest absolute Gasteiger partial charge is 0.0546 e. The number of hydrogen-bond donors (Lipinski definition) is 0. The van der Waals surface area contributed by atoms with E-state index in [-0.39, 0.29) is 0 Å². The fourth-order valence-corrected chi connectivity index (χ4v) is 7.04. The lowest BCUT2D eigenvalue weighted by molar-refractivity contribution is 0.796. The predicted octanol–water partition coefficient (Wildman–Crippen LogP) is 13.8. The zero-order valence-electron chi connectivity index (χ0n) is 27.9. The maximum absolute atomic E-state index is 2.44. The Bertz CT molecular complexity index is 2350. The monoisotopic (exact) mass is 629 g/mol. The lowest BCUT2D eigenvalue weighted by atomic mass is 9.95. The van der Waals surface area contributed by atoms with Crippen molar-refractivity contribution in [3.8, 4) is 33.4 Å². The Morgan fingerprint density at radius 2 is 0.959 bits per heavy atom. The molecule has 1 nitrogen and oxygen atoms in total. The zero-order chi connectivity index (χ0) is 33.0. The van der Waals surface area contributed by atoms with Crippen LogP contribution < -0.4 is 4.90 Å². The van der Waals surface area contributed by atoms with Gasteiger partial charge in [-0.2, -0.15) is 0 Å². The van der Waals surface area contributed by atoms with Gasteiger partial charge in [0.15, 0.2) is 0 Å². The van der Waals surface area contributed by atoms with Crippen molar-refractivity contribution in [3.05, 3.63) is 188 Å². The summed E-state index contributed by atoms with van der Waals surface area (Å²) in [5.74, 6) is 0. The maximum Gasteiger partial charge on any atom is 0.0546 e. The summed E-state index contributed by atoms with van der Waals surface area (Å²) in [5, 5.41) is 5.10. The van der Waals surface area contributed by atoms with E-state index in [4.69, 9.17) is 0 Å². The molecule has 0 aliphatic carbocycles. The van der Waals surface area contributed by atoms with Gasteiger partial charge in [-0.15, -0.1) is 0 Å². The van der Waals surface area contributed by atoms with Gasteiger partial charge >= 0.3 is 0 Å². The lowest BCUT2D eigenvalue weighted by Gasteiger charge is -2.28. The van der Waals surface area contributed by atoms with Gasteiger partial charge in [0.1, 0.15) is 0 Å². The van der Waals surface area contributed by atoms with E-state index in [1.807, 2.05) is 0 Å². The van der Waals surface area contributed by atoms with Gasteiger partial charge in [-0.05, 0) is 104 Å². The first-order valence-corrected chi connectivity index (χ1v) is 17.4. The molecule has 0 amide bonds. The molecule has 0 spiro atoms. The van der Waals surface area contributed by atoms with Crippen molar-refractivity contribution in [2.75, 3.05) is 4.90 Å². The molecule has 8 aromatic carbocycles. The summed E-state index contributed by atoms with van der Waals surface area (Å²) >= 11 is 0. The van der Waals surface area contributed by atoms with Gasteiger partial charge in [0, 0.05) is 16.8 Å². The average molecular weight is 630 g/mol. The van der Waals surface area contributed by atoms with Gasteiger partial charge in [-0.1, -0.05) is 159 Å². The number of fused-ring (bicyclic) bond motifs is 3. The third-order valence-corrected chi connectivity index (χ3v) is 9.60. The van der Waals surface area contributed by atoms with Crippen LogP contribution in [-0.2, 0) is 6.42 Å². The van der Waals surface area contributed by atoms with Gasteiger partial charge in [0.25, 0.3) is 0 Å². The largest absolute Gasteiger partial charge is 0.310 e. The Balaban J connectivity index is 1.30. The van der Waals surface area contributed by atoms with E-state index >= 15 is 0 Å². The van der Waals surface area contributed by atoms with Gasteiger partial charge in [-0.3, -0.25) is 0 Å². The summed E-state index contributed by atoms with van der Waals surface area (Å²) in [4.78, 5) is 2.44. The van der Waals surface area contributed by atoms with E-state index < -0.39 is 0 Å². The number of anilines is 3. The normalized spacial score (nSPS) is 11.2.